The zero-order valence-electron chi connectivity index (χ0n) is 16.9. The molecule has 0 bridgehead atoms. The second kappa shape index (κ2) is 7.25. The lowest BCUT2D eigenvalue weighted by molar-refractivity contribution is 0.584. The van der Waals surface area contributed by atoms with E-state index in [1.54, 1.807) is 0 Å². The third-order valence-electron chi connectivity index (χ3n) is 5.53. The Bertz CT molecular complexity index is 1250. The normalized spacial score (nSPS) is 16.9. The molecule has 4 nitrogen and oxygen atoms in total. The number of rotatable bonds is 2. The summed E-state index contributed by atoms with van der Waals surface area (Å²) in [6.45, 7) is 8.17. The summed E-state index contributed by atoms with van der Waals surface area (Å²) in [5.41, 5.74) is 6.53. The minimum atomic E-state index is 0.463. The first-order valence-corrected chi connectivity index (χ1v) is 10.9. The number of nitrogens with zero attached hydrogens (tertiary/aromatic N) is 2. The third kappa shape index (κ3) is 3.20. The van der Waals surface area contributed by atoms with Crippen LogP contribution in [0.1, 0.15) is 30.0 Å². The highest BCUT2D eigenvalue weighted by Gasteiger charge is 2.19. The molecule has 146 valence electrons. The quantitative estimate of drug-likeness (QED) is 0.449. The summed E-state index contributed by atoms with van der Waals surface area (Å²) in [7, 11) is 0. The molecule has 1 aliphatic heterocycles. The monoisotopic (exact) mass is 400 g/mol. The van der Waals surface area contributed by atoms with E-state index in [1.807, 2.05) is 36.6 Å². The Balaban J connectivity index is 1.67. The predicted octanol–water partition coefficient (Wildman–Crippen LogP) is 5.76. The topological polar surface area (TPSA) is 49.8 Å². The van der Waals surface area contributed by atoms with Gasteiger partial charge >= 0.3 is 0 Å². The molecule has 1 atom stereocenters. The van der Waals surface area contributed by atoms with Crippen molar-refractivity contribution in [3.05, 3.63) is 58.7 Å². The third-order valence-corrected chi connectivity index (χ3v) is 6.68. The van der Waals surface area contributed by atoms with Crippen LogP contribution in [-0.2, 0) is 6.54 Å². The molecule has 1 aromatic carbocycles. The molecule has 29 heavy (non-hydrogen) atoms. The molecule has 0 radical (unpaired) electrons. The lowest BCUT2D eigenvalue weighted by Gasteiger charge is -2.11. The first kappa shape index (κ1) is 18.3. The van der Waals surface area contributed by atoms with Gasteiger partial charge < -0.3 is 10.6 Å². The number of hydrogen-bond donors (Lipinski definition) is 2. The summed E-state index contributed by atoms with van der Waals surface area (Å²) in [5.74, 6) is 0. The highest BCUT2D eigenvalue weighted by molar-refractivity contribution is 7.20. The molecule has 3 aromatic heterocycles. The maximum atomic E-state index is 5.03. The zero-order chi connectivity index (χ0) is 20.0. The van der Waals surface area contributed by atoms with Crippen LogP contribution in [0.3, 0.4) is 0 Å². The van der Waals surface area contributed by atoms with Crippen molar-refractivity contribution in [2.75, 3.05) is 11.9 Å². The standard InChI is InChI=1S/C24H24N4S/c1-4-5-16-10-18(14(2)11-26-16)20-7-6-17-19(28-20)8-9-21-23(17)24-22(29-21)13-25-15(3)12-27-24/h4-11,15,25,27H,12-13H2,1-3H3/b5-4+/t15-/m1/s1. The lowest BCUT2D eigenvalue weighted by atomic mass is 10.0. The van der Waals surface area contributed by atoms with Crippen molar-refractivity contribution in [2.45, 2.75) is 33.4 Å². The number of benzene rings is 1. The Kier molecular flexibility index (Phi) is 4.57. The van der Waals surface area contributed by atoms with E-state index >= 15 is 0 Å². The van der Waals surface area contributed by atoms with Gasteiger partial charge in [0.1, 0.15) is 0 Å². The van der Waals surface area contributed by atoms with Crippen LogP contribution in [-0.4, -0.2) is 22.6 Å². The summed E-state index contributed by atoms with van der Waals surface area (Å²) < 4.78 is 1.32. The van der Waals surface area contributed by atoms with Gasteiger partial charge in [0.2, 0.25) is 0 Å². The molecule has 0 fully saturated rings. The molecule has 0 spiro atoms. The maximum Gasteiger partial charge on any atom is 0.0717 e. The van der Waals surface area contributed by atoms with E-state index in [-0.39, 0.29) is 0 Å². The van der Waals surface area contributed by atoms with Crippen LogP contribution >= 0.6 is 11.3 Å². The van der Waals surface area contributed by atoms with Gasteiger partial charge in [-0.15, -0.1) is 11.3 Å². The van der Waals surface area contributed by atoms with E-state index in [0.717, 1.165) is 41.1 Å². The Hall–Kier alpha value is -2.76. The van der Waals surface area contributed by atoms with Gasteiger partial charge in [-0.25, -0.2) is 4.98 Å². The molecule has 0 aliphatic carbocycles. The predicted molar refractivity (Wildman–Crippen MR) is 125 cm³/mol. The van der Waals surface area contributed by atoms with Crippen molar-refractivity contribution < 1.29 is 0 Å². The summed E-state index contributed by atoms with van der Waals surface area (Å²) in [4.78, 5) is 10.9. The number of aryl methyl sites for hydroxylation is 1. The summed E-state index contributed by atoms with van der Waals surface area (Å²) in [6.07, 6.45) is 5.96. The van der Waals surface area contributed by atoms with Gasteiger partial charge in [0.25, 0.3) is 0 Å². The Morgan fingerprint density at radius 2 is 2.10 bits per heavy atom. The average Bonchev–Trinajstić information content (AvgIpc) is 2.99. The van der Waals surface area contributed by atoms with Gasteiger partial charge in [-0.2, -0.15) is 0 Å². The summed E-state index contributed by atoms with van der Waals surface area (Å²) in [5, 5.41) is 9.77. The highest BCUT2D eigenvalue weighted by atomic mass is 32.1. The lowest BCUT2D eigenvalue weighted by Crippen LogP contribution is -2.29. The largest absolute Gasteiger partial charge is 0.382 e. The van der Waals surface area contributed by atoms with Crippen LogP contribution in [0, 0.1) is 6.92 Å². The molecule has 0 amide bonds. The molecule has 0 saturated heterocycles. The Labute approximate surface area is 174 Å². The van der Waals surface area contributed by atoms with Crippen molar-refractivity contribution >= 4 is 44.1 Å². The first-order valence-electron chi connectivity index (χ1n) is 10.1. The fraction of sp³-hybridized carbons (Fsp3) is 0.250. The second-order valence-electron chi connectivity index (χ2n) is 7.69. The van der Waals surface area contributed by atoms with E-state index < -0.39 is 0 Å². The van der Waals surface area contributed by atoms with Gasteiger partial charge in [-0.1, -0.05) is 6.08 Å². The van der Waals surface area contributed by atoms with Crippen molar-refractivity contribution in [3.8, 4) is 11.3 Å². The number of nitrogens with one attached hydrogen (secondary N) is 2. The Morgan fingerprint density at radius 3 is 2.97 bits per heavy atom. The van der Waals surface area contributed by atoms with E-state index in [0.29, 0.717) is 6.04 Å². The SMILES string of the molecule is C/C=C/c1cc(-c2ccc3c(ccc4sc5c(c43)NC[C@@H](C)NC5)n2)c(C)cn1. The minimum Gasteiger partial charge on any atom is -0.382 e. The van der Waals surface area contributed by atoms with Crippen molar-refractivity contribution in [1.29, 1.82) is 0 Å². The summed E-state index contributed by atoms with van der Waals surface area (Å²) in [6, 6.07) is 11.3. The molecule has 2 N–H and O–H groups in total. The number of thiophene rings is 1. The summed E-state index contributed by atoms with van der Waals surface area (Å²) >= 11 is 1.87. The number of allylic oxidation sites excluding steroid dienone is 1. The fourth-order valence-electron chi connectivity index (χ4n) is 3.98. The van der Waals surface area contributed by atoms with E-state index in [2.05, 4.69) is 59.8 Å². The highest BCUT2D eigenvalue weighted by Crippen LogP contribution is 2.41. The molecule has 0 saturated carbocycles. The first-order chi connectivity index (χ1) is 14.1. The molecule has 5 rings (SSSR count). The number of anilines is 1. The number of hydrogen-bond acceptors (Lipinski definition) is 5. The molecular weight excluding hydrogens is 376 g/mol. The Morgan fingerprint density at radius 1 is 1.21 bits per heavy atom. The van der Waals surface area contributed by atoms with Crippen molar-refractivity contribution in [2.24, 2.45) is 0 Å². The van der Waals surface area contributed by atoms with Crippen LogP contribution in [0.2, 0.25) is 0 Å². The number of pyridine rings is 2. The molecule has 4 heterocycles. The molecular formula is C24H24N4S. The van der Waals surface area contributed by atoms with Gasteiger partial charge in [0, 0.05) is 51.2 Å². The fourth-order valence-corrected chi connectivity index (χ4v) is 5.13. The van der Waals surface area contributed by atoms with Crippen LogP contribution < -0.4 is 10.6 Å². The van der Waals surface area contributed by atoms with E-state index in [1.165, 1.54) is 26.0 Å². The van der Waals surface area contributed by atoms with Gasteiger partial charge in [0.15, 0.2) is 0 Å². The molecule has 5 heteroatoms. The van der Waals surface area contributed by atoms with Crippen LogP contribution in [0.15, 0.2) is 42.6 Å². The van der Waals surface area contributed by atoms with E-state index in [4.69, 9.17) is 4.98 Å². The molecule has 4 aromatic rings. The molecule has 1 aliphatic rings. The van der Waals surface area contributed by atoms with Crippen molar-refractivity contribution in [1.82, 2.24) is 15.3 Å². The van der Waals surface area contributed by atoms with Crippen LogP contribution in [0.4, 0.5) is 5.69 Å². The van der Waals surface area contributed by atoms with Gasteiger partial charge in [-0.3, -0.25) is 4.98 Å². The smallest absolute Gasteiger partial charge is 0.0717 e. The molecule has 0 unspecified atom stereocenters. The minimum absolute atomic E-state index is 0.463. The van der Waals surface area contributed by atoms with Gasteiger partial charge in [-0.05, 0) is 62.7 Å². The number of aromatic nitrogens is 2. The second-order valence-corrected chi connectivity index (χ2v) is 8.83. The average molecular weight is 401 g/mol. The van der Waals surface area contributed by atoms with E-state index in [9.17, 15) is 0 Å². The number of fused-ring (bicyclic) bond motifs is 5. The zero-order valence-corrected chi connectivity index (χ0v) is 17.7. The van der Waals surface area contributed by atoms with Gasteiger partial charge in [0.05, 0.1) is 22.6 Å². The van der Waals surface area contributed by atoms with Crippen LogP contribution in [0.5, 0.6) is 0 Å². The van der Waals surface area contributed by atoms with Crippen molar-refractivity contribution in [3.63, 3.8) is 0 Å². The van der Waals surface area contributed by atoms with Crippen LogP contribution in [0.25, 0.3) is 38.3 Å². The maximum absolute atomic E-state index is 5.03.